The molecule has 162 valence electrons. The Morgan fingerprint density at radius 3 is 2.37 bits per heavy atom. The zero-order valence-corrected chi connectivity index (χ0v) is 18.3. The van der Waals surface area contributed by atoms with Gasteiger partial charge in [0.25, 0.3) is 10.0 Å². The zero-order chi connectivity index (χ0) is 21.0. The smallest absolute Gasteiger partial charge is 0.252 e. The maximum atomic E-state index is 13.2. The first-order chi connectivity index (χ1) is 14.5. The fourth-order valence-corrected chi connectivity index (χ4v) is 6.82. The summed E-state index contributed by atoms with van der Waals surface area (Å²) in [6, 6.07) is 13.2. The number of nitrogens with one attached hydrogen (secondary N) is 1. The molecule has 0 aliphatic carbocycles. The van der Waals surface area contributed by atoms with E-state index in [0.717, 1.165) is 10.4 Å². The molecule has 30 heavy (non-hydrogen) atoms. The molecule has 0 saturated carbocycles. The van der Waals surface area contributed by atoms with Crippen LogP contribution < -0.4 is 5.32 Å². The Morgan fingerprint density at radius 2 is 1.67 bits per heavy atom. The van der Waals surface area contributed by atoms with Gasteiger partial charge in [0.2, 0.25) is 5.91 Å². The molecule has 0 atom stereocenters. The molecule has 1 N–H and O–H groups in total. The predicted octanol–water partition coefficient (Wildman–Crippen LogP) is 2.13. The van der Waals surface area contributed by atoms with Gasteiger partial charge in [0.05, 0.1) is 25.2 Å². The quantitative estimate of drug-likeness (QED) is 0.729. The number of thiophene rings is 1. The van der Waals surface area contributed by atoms with Crippen LogP contribution in [0.3, 0.4) is 0 Å². The summed E-state index contributed by atoms with van der Waals surface area (Å²) < 4.78 is 38.1. The maximum Gasteiger partial charge on any atom is 0.252 e. The van der Waals surface area contributed by atoms with Gasteiger partial charge >= 0.3 is 0 Å². The SMILES string of the molecule is O=C(NCc1ccc(S(=O)(=O)N2CCOCC2)s1)C1(c2ccccc2)CCOCC1. The lowest BCUT2D eigenvalue weighted by Gasteiger charge is -2.36. The van der Waals surface area contributed by atoms with E-state index in [1.807, 2.05) is 30.3 Å². The van der Waals surface area contributed by atoms with Crippen molar-refractivity contribution in [1.29, 1.82) is 0 Å². The number of sulfonamides is 1. The van der Waals surface area contributed by atoms with E-state index < -0.39 is 15.4 Å². The fraction of sp³-hybridized carbons (Fsp3) is 0.476. The van der Waals surface area contributed by atoms with E-state index in [9.17, 15) is 13.2 Å². The molecule has 0 unspecified atom stereocenters. The van der Waals surface area contributed by atoms with Crippen LogP contribution >= 0.6 is 11.3 Å². The third-order valence-electron chi connectivity index (χ3n) is 5.73. The Balaban J connectivity index is 1.46. The molecule has 9 heteroatoms. The second kappa shape index (κ2) is 9.15. The predicted molar refractivity (Wildman–Crippen MR) is 114 cm³/mol. The number of amides is 1. The monoisotopic (exact) mass is 450 g/mol. The van der Waals surface area contributed by atoms with Gasteiger partial charge in [0.1, 0.15) is 4.21 Å². The summed E-state index contributed by atoms with van der Waals surface area (Å²) in [7, 11) is -3.51. The molecule has 0 radical (unpaired) electrons. The van der Waals surface area contributed by atoms with Crippen molar-refractivity contribution >= 4 is 27.3 Å². The third-order valence-corrected chi connectivity index (χ3v) is 9.18. The number of ether oxygens (including phenoxy) is 2. The Labute approximate surface area is 181 Å². The van der Waals surface area contributed by atoms with E-state index in [1.165, 1.54) is 15.6 Å². The summed E-state index contributed by atoms with van der Waals surface area (Å²) >= 11 is 1.21. The Morgan fingerprint density at radius 1 is 1.00 bits per heavy atom. The molecule has 3 heterocycles. The van der Waals surface area contributed by atoms with Gasteiger partial charge in [-0.2, -0.15) is 4.31 Å². The number of carbonyl (C=O) groups excluding carboxylic acids is 1. The van der Waals surface area contributed by atoms with Gasteiger partial charge in [-0.25, -0.2) is 8.42 Å². The first-order valence-electron chi connectivity index (χ1n) is 10.1. The third kappa shape index (κ3) is 4.31. The fourth-order valence-electron chi connectivity index (χ4n) is 3.97. The largest absolute Gasteiger partial charge is 0.381 e. The van der Waals surface area contributed by atoms with E-state index in [1.54, 1.807) is 12.1 Å². The molecule has 2 fully saturated rings. The number of benzene rings is 1. The van der Waals surface area contributed by atoms with Crippen molar-refractivity contribution in [2.45, 2.75) is 29.0 Å². The number of hydrogen-bond acceptors (Lipinski definition) is 6. The highest BCUT2D eigenvalue weighted by molar-refractivity contribution is 7.91. The van der Waals surface area contributed by atoms with Crippen molar-refractivity contribution in [3.05, 3.63) is 52.9 Å². The molecule has 2 aliphatic rings. The Kier molecular flexibility index (Phi) is 6.54. The standard InChI is InChI=1S/C21H26N2O5S2/c24-20(21(8-12-27-13-9-21)17-4-2-1-3-5-17)22-16-18-6-7-19(29-18)30(25,26)23-10-14-28-15-11-23/h1-7H,8-16H2,(H,22,24). The van der Waals surface area contributed by atoms with E-state index in [2.05, 4.69) is 5.32 Å². The van der Waals surface area contributed by atoms with Crippen molar-refractivity contribution in [3.63, 3.8) is 0 Å². The van der Waals surface area contributed by atoms with Gasteiger partial charge in [-0.15, -0.1) is 11.3 Å². The molecule has 0 spiro atoms. The van der Waals surface area contributed by atoms with E-state index >= 15 is 0 Å². The molecule has 2 saturated heterocycles. The van der Waals surface area contributed by atoms with Crippen LogP contribution in [0.15, 0.2) is 46.7 Å². The van der Waals surface area contributed by atoms with E-state index in [4.69, 9.17) is 9.47 Å². The minimum atomic E-state index is -3.51. The summed E-state index contributed by atoms with van der Waals surface area (Å²) in [4.78, 5) is 14.1. The summed E-state index contributed by atoms with van der Waals surface area (Å²) in [5.41, 5.74) is 0.381. The van der Waals surface area contributed by atoms with Gasteiger partial charge in [-0.1, -0.05) is 30.3 Å². The highest BCUT2D eigenvalue weighted by Crippen LogP contribution is 2.35. The highest BCUT2D eigenvalue weighted by Gasteiger charge is 2.41. The number of hydrogen-bond donors (Lipinski definition) is 1. The normalized spacial score (nSPS) is 20.0. The molecule has 2 aliphatic heterocycles. The van der Waals surface area contributed by atoms with Gasteiger partial charge < -0.3 is 14.8 Å². The molecule has 0 bridgehead atoms. The van der Waals surface area contributed by atoms with Gasteiger partial charge in [-0.3, -0.25) is 4.79 Å². The van der Waals surface area contributed by atoms with E-state index in [-0.39, 0.29) is 5.91 Å². The number of nitrogens with zero attached hydrogens (tertiary/aromatic N) is 1. The average Bonchev–Trinajstić information content (AvgIpc) is 3.29. The molecule has 7 nitrogen and oxygen atoms in total. The Hall–Kier alpha value is -1.78. The van der Waals surface area contributed by atoms with Crippen LogP contribution in [-0.2, 0) is 36.3 Å². The van der Waals surface area contributed by atoms with Crippen LogP contribution in [0, 0.1) is 0 Å². The van der Waals surface area contributed by atoms with Gasteiger partial charge in [-0.05, 0) is 30.5 Å². The van der Waals surface area contributed by atoms with Crippen LogP contribution in [0.4, 0.5) is 0 Å². The highest BCUT2D eigenvalue weighted by atomic mass is 32.2. The summed E-state index contributed by atoms with van der Waals surface area (Å²) in [5.74, 6) is -0.0389. The number of morpholine rings is 1. The molecule has 1 aromatic heterocycles. The van der Waals surface area contributed by atoms with Crippen molar-refractivity contribution in [1.82, 2.24) is 9.62 Å². The summed E-state index contributed by atoms with van der Waals surface area (Å²) in [5, 5.41) is 3.04. The molecular weight excluding hydrogens is 424 g/mol. The van der Waals surface area contributed by atoms with Gasteiger partial charge in [0.15, 0.2) is 0 Å². The number of carbonyl (C=O) groups is 1. The van der Waals surface area contributed by atoms with Crippen molar-refractivity contribution in [2.75, 3.05) is 39.5 Å². The second-order valence-electron chi connectivity index (χ2n) is 7.48. The lowest BCUT2D eigenvalue weighted by molar-refractivity contribution is -0.130. The molecule has 1 amide bonds. The molecule has 1 aromatic carbocycles. The first kappa shape index (κ1) is 21.5. The lowest BCUT2D eigenvalue weighted by Crippen LogP contribution is -2.47. The van der Waals surface area contributed by atoms with Gasteiger partial charge in [0, 0.05) is 31.2 Å². The number of rotatable bonds is 6. The second-order valence-corrected chi connectivity index (χ2v) is 10.8. The van der Waals surface area contributed by atoms with Crippen molar-refractivity contribution in [3.8, 4) is 0 Å². The van der Waals surface area contributed by atoms with E-state index in [0.29, 0.717) is 63.1 Å². The summed E-state index contributed by atoms with van der Waals surface area (Å²) in [6.45, 7) is 2.96. The van der Waals surface area contributed by atoms with Crippen LogP contribution in [0.1, 0.15) is 23.3 Å². The topological polar surface area (TPSA) is 84.9 Å². The molecule has 4 rings (SSSR count). The van der Waals surface area contributed by atoms with Crippen LogP contribution in [0.2, 0.25) is 0 Å². The van der Waals surface area contributed by atoms with Crippen molar-refractivity contribution < 1.29 is 22.7 Å². The molecule has 2 aromatic rings. The van der Waals surface area contributed by atoms with Crippen LogP contribution in [0.5, 0.6) is 0 Å². The first-order valence-corrected chi connectivity index (χ1v) is 12.4. The van der Waals surface area contributed by atoms with Crippen LogP contribution in [0.25, 0.3) is 0 Å². The lowest BCUT2D eigenvalue weighted by atomic mass is 9.73. The minimum Gasteiger partial charge on any atom is -0.381 e. The minimum absolute atomic E-state index is 0.0389. The van der Waals surface area contributed by atoms with Crippen LogP contribution in [-0.4, -0.2) is 58.1 Å². The average molecular weight is 451 g/mol. The zero-order valence-electron chi connectivity index (χ0n) is 16.7. The summed E-state index contributed by atoms with van der Waals surface area (Å²) in [6.07, 6.45) is 1.26. The molecular formula is C21H26N2O5S2. The maximum absolute atomic E-state index is 13.2. The Bertz CT molecular complexity index is 962. The van der Waals surface area contributed by atoms with Crippen molar-refractivity contribution in [2.24, 2.45) is 0 Å².